The third kappa shape index (κ3) is 3.11. The van der Waals surface area contributed by atoms with Crippen molar-refractivity contribution in [1.29, 1.82) is 0 Å². The van der Waals surface area contributed by atoms with Gasteiger partial charge in [-0.2, -0.15) is 0 Å². The fourth-order valence-corrected chi connectivity index (χ4v) is 3.22. The molecule has 4 nitrogen and oxygen atoms in total. The molecule has 3 rings (SSSR count). The zero-order valence-electron chi connectivity index (χ0n) is 12.9. The number of halogens is 1. The molecule has 0 bridgehead atoms. The minimum Gasteiger partial charge on any atom is -0.307 e. The largest absolute Gasteiger partial charge is 0.307 e. The Bertz CT molecular complexity index is 833. The topological polar surface area (TPSA) is 63.4 Å². The van der Waals surface area contributed by atoms with Crippen LogP contribution in [0.2, 0.25) is 0 Å². The number of benzene rings is 2. The molecule has 0 aliphatic carbocycles. The number of carbonyl (C=O) groups excluding carboxylic acids is 2. The average molecular weight is 342 g/mol. The molecule has 1 fully saturated rings. The van der Waals surface area contributed by atoms with E-state index in [4.69, 9.17) is 5.73 Å². The molecule has 1 atom stereocenters. The van der Waals surface area contributed by atoms with Gasteiger partial charge in [0, 0.05) is 5.56 Å². The van der Waals surface area contributed by atoms with Gasteiger partial charge in [-0.05, 0) is 36.4 Å². The summed E-state index contributed by atoms with van der Waals surface area (Å²) in [6.45, 7) is 1.94. The van der Waals surface area contributed by atoms with E-state index in [0.717, 1.165) is 22.2 Å². The molecule has 122 valence electrons. The molecule has 0 radical (unpaired) electrons. The van der Waals surface area contributed by atoms with Gasteiger partial charge in [-0.15, -0.1) is 0 Å². The molecule has 0 saturated carbocycles. The Morgan fingerprint density at radius 3 is 2.46 bits per heavy atom. The van der Waals surface area contributed by atoms with Crippen molar-refractivity contribution < 1.29 is 14.0 Å². The maximum absolute atomic E-state index is 13.7. The highest BCUT2D eigenvalue weighted by Crippen LogP contribution is 2.36. The van der Waals surface area contributed by atoms with Crippen LogP contribution in [0.1, 0.15) is 22.9 Å². The summed E-state index contributed by atoms with van der Waals surface area (Å²) in [5.74, 6) is -0.964. The predicted molar refractivity (Wildman–Crippen MR) is 92.3 cm³/mol. The molecule has 0 aromatic heterocycles. The van der Waals surface area contributed by atoms with Crippen molar-refractivity contribution >= 4 is 29.0 Å². The van der Waals surface area contributed by atoms with E-state index in [1.165, 1.54) is 12.1 Å². The summed E-state index contributed by atoms with van der Waals surface area (Å²) < 4.78 is 13.7. The van der Waals surface area contributed by atoms with Gasteiger partial charge in [-0.25, -0.2) is 9.29 Å². The van der Waals surface area contributed by atoms with Crippen LogP contribution >= 0.6 is 11.8 Å². The minimum atomic E-state index is -0.871. The Hall–Kier alpha value is -2.44. The molecule has 1 aliphatic heterocycles. The molecule has 2 aromatic carbocycles. The first-order valence-corrected chi connectivity index (χ1v) is 8.13. The first-order chi connectivity index (χ1) is 11.5. The molecule has 2 aromatic rings. The van der Waals surface area contributed by atoms with E-state index in [1.54, 1.807) is 30.3 Å². The highest BCUT2D eigenvalue weighted by atomic mass is 32.2. The Morgan fingerprint density at radius 2 is 1.79 bits per heavy atom. The number of aryl methyl sites for hydroxylation is 1. The maximum Gasteiger partial charge on any atom is 0.295 e. The third-order valence-corrected chi connectivity index (χ3v) is 4.60. The van der Waals surface area contributed by atoms with Crippen LogP contribution in [0.15, 0.2) is 53.4 Å². The standard InChI is InChI=1S/C18H15FN2O2S/c1-11-6-8-12(9-7-11)16(20)21-17(22)15(24-18(21)23)10-13-4-2-3-5-14(13)19/h2-10,16H,20H2,1H3/b15-10-. The highest BCUT2D eigenvalue weighted by Gasteiger charge is 2.39. The summed E-state index contributed by atoms with van der Waals surface area (Å²) in [6, 6.07) is 13.4. The molecule has 1 saturated heterocycles. The fourth-order valence-electron chi connectivity index (χ4n) is 2.37. The van der Waals surface area contributed by atoms with Gasteiger partial charge in [-0.1, -0.05) is 48.0 Å². The normalized spacial score (nSPS) is 17.6. The van der Waals surface area contributed by atoms with Crippen LogP contribution in [-0.2, 0) is 4.79 Å². The number of nitrogens with zero attached hydrogens (tertiary/aromatic N) is 1. The number of hydrogen-bond donors (Lipinski definition) is 1. The first kappa shape index (κ1) is 16.4. The molecule has 2 amide bonds. The maximum atomic E-state index is 13.7. The van der Waals surface area contributed by atoms with Crippen molar-refractivity contribution in [3.63, 3.8) is 0 Å². The fraction of sp³-hybridized carbons (Fsp3) is 0.111. The van der Waals surface area contributed by atoms with Gasteiger partial charge in [0.05, 0.1) is 4.91 Å². The van der Waals surface area contributed by atoms with Gasteiger partial charge < -0.3 is 5.73 Å². The van der Waals surface area contributed by atoms with Crippen molar-refractivity contribution in [1.82, 2.24) is 4.90 Å². The van der Waals surface area contributed by atoms with E-state index in [1.807, 2.05) is 19.1 Å². The Kier molecular flexibility index (Phi) is 4.51. The van der Waals surface area contributed by atoms with Crippen molar-refractivity contribution in [2.45, 2.75) is 13.1 Å². The lowest BCUT2D eigenvalue weighted by molar-refractivity contribution is -0.124. The van der Waals surface area contributed by atoms with E-state index in [9.17, 15) is 14.0 Å². The molecular weight excluding hydrogens is 327 g/mol. The minimum absolute atomic E-state index is 0.160. The van der Waals surface area contributed by atoms with Crippen LogP contribution in [0.25, 0.3) is 6.08 Å². The number of hydrogen-bond acceptors (Lipinski definition) is 4. The van der Waals surface area contributed by atoms with Crippen LogP contribution in [0, 0.1) is 12.7 Å². The average Bonchev–Trinajstić information content (AvgIpc) is 2.84. The zero-order chi connectivity index (χ0) is 17.3. The summed E-state index contributed by atoms with van der Waals surface area (Å²) in [7, 11) is 0. The first-order valence-electron chi connectivity index (χ1n) is 7.31. The number of amides is 2. The van der Waals surface area contributed by atoms with Gasteiger partial charge in [0.1, 0.15) is 12.0 Å². The Balaban J connectivity index is 1.89. The number of imide groups is 1. The van der Waals surface area contributed by atoms with E-state index >= 15 is 0 Å². The van der Waals surface area contributed by atoms with Crippen molar-refractivity contribution in [3.05, 3.63) is 75.9 Å². The second-order valence-corrected chi connectivity index (χ2v) is 6.42. The molecule has 1 unspecified atom stereocenters. The summed E-state index contributed by atoms with van der Waals surface area (Å²) in [6.07, 6.45) is 0.506. The van der Waals surface area contributed by atoms with Crippen LogP contribution in [0.3, 0.4) is 0 Å². The lowest BCUT2D eigenvalue weighted by atomic mass is 10.1. The van der Waals surface area contributed by atoms with Gasteiger partial charge in [0.15, 0.2) is 0 Å². The van der Waals surface area contributed by atoms with Crippen molar-refractivity contribution in [2.75, 3.05) is 0 Å². The molecule has 0 spiro atoms. The molecule has 6 heteroatoms. The van der Waals surface area contributed by atoms with Gasteiger partial charge in [-0.3, -0.25) is 9.59 Å². The molecule has 1 heterocycles. The summed E-state index contributed by atoms with van der Waals surface area (Å²) in [4.78, 5) is 25.9. The van der Waals surface area contributed by atoms with Gasteiger partial charge >= 0.3 is 0 Å². The summed E-state index contributed by atoms with van der Waals surface area (Å²) >= 11 is 0.763. The Labute approximate surface area is 143 Å². The predicted octanol–water partition coefficient (Wildman–Crippen LogP) is 3.83. The molecule has 24 heavy (non-hydrogen) atoms. The molecular formula is C18H15FN2O2S. The number of carbonyl (C=O) groups is 2. The zero-order valence-corrected chi connectivity index (χ0v) is 13.7. The van der Waals surface area contributed by atoms with Gasteiger partial charge in [0.2, 0.25) is 0 Å². The van der Waals surface area contributed by atoms with Crippen LogP contribution in [0.4, 0.5) is 9.18 Å². The second kappa shape index (κ2) is 6.59. The lowest BCUT2D eigenvalue weighted by Gasteiger charge is -2.21. The number of thioether (sulfide) groups is 1. The van der Waals surface area contributed by atoms with E-state index < -0.39 is 23.1 Å². The van der Waals surface area contributed by atoms with Crippen LogP contribution in [0.5, 0.6) is 0 Å². The molecule has 1 aliphatic rings. The van der Waals surface area contributed by atoms with Crippen molar-refractivity contribution in [3.8, 4) is 0 Å². The van der Waals surface area contributed by atoms with Crippen LogP contribution in [-0.4, -0.2) is 16.0 Å². The second-order valence-electron chi connectivity index (χ2n) is 5.43. The van der Waals surface area contributed by atoms with E-state index in [2.05, 4.69) is 0 Å². The van der Waals surface area contributed by atoms with E-state index in [-0.39, 0.29) is 10.5 Å². The quantitative estimate of drug-likeness (QED) is 0.861. The van der Waals surface area contributed by atoms with Gasteiger partial charge in [0.25, 0.3) is 11.1 Å². The summed E-state index contributed by atoms with van der Waals surface area (Å²) in [5.41, 5.74) is 8.06. The summed E-state index contributed by atoms with van der Waals surface area (Å²) in [5, 5.41) is -0.462. The number of rotatable bonds is 3. The Morgan fingerprint density at radius 1 is 1.12 bits per heavy atom. The monoisotopic (exact) mass is 342 g/mol. The van der Waals surface area contributed by atoms with Crippen molar-refractivity contribution in [2.24, 2.45) is 5.73 Å². The lowest BCUT2D eigenvalue weighted by Crippen LogP contribution is -2.37. The van der Waals surface area contributed by atoms with Crippen LogP contribution < -0.4 is 5.73 Å². The SMILES string of the molecule is Cc1ccc(C(N)N2C(=O)S/C(=C\c3ccccc3F)C2=O)cc1. The highest BCUT2D eigenvalue weighted by molar-refractivity contribution is 8.18. The number of nitrogens with two attached hydrogens (primary N) is 1. The molecule has 2 N–H and O–H groups in total. The van der Waals surface area contributed by atoms with E-state index in [0.29, 0.717) is 5.56 Å². The smallest absolute Gasteiger partial charge is 0.295 e. The third-order valence-electron chi connectivity index (χ3n) is 3.71.